The van der Waals surface area contributed by atoms with Crippen LogP contribution in [0.15, 0.2) is 6.07 Å². The molecule has 0 amide bonds. The number of aryl methyl sites for hydroxylation is 2. The summed E-state index contributed by atoms with van der Waals surface area (Å²) in [5.74, 6) is 0.919. The van der Waals surface area contributed by atoms with Crippen LogP contribution in [-0.2, 0) is 19.4 Å². The van der Waals surface area contributed by atoms with Crippen LogP contribution in [0, 0.1) is 0 Å². The standard InChI is InChI=1S/C15H25N3O/c1-15(2,10-19)18(3)14-12(9-16)8-11-6-4-5-7-13(11)17-14/h8,19H,4-7,9-10,16H2,1-3H3. The number of nitrogens with zero attached hydrogens (tertiary/aromatic N) is 2. The van der Waals surface area contributed by atoms with Crippen molar-refractivity contribution in [1.82, 2.24) is 4.98 Å². The number of hydrogen-bond donors (Lipinski definition) is 2. The van der Waals surface area contributed by atoms with Crippen LogP contribution < -0.4 is 10.6 Å². The number of pyridine rings is 1. The normalized spacial score (nSPS) is 15.2. The van der Waals surface area contributed by atoms with Crippen LogP contribution >= 0.6 is 0 Å². The lowest BCUT2D eigenvalue weighted by Crippen LogP contribution is -2.45. The van der Waals surface area contributed by atoms with E-state index in [-0.39, 0.29) is 12.1 Å². The molecule has 106 valence electrons. The first-order chi connectivity index (χ1) is 8.99. The smallest absolute Gasteiger partial charge is 0.133 e. The molecule has 1 aliphatic rings. The van der Waals surface area contributed by atoms with Crippen LogP contribution in [0.2, 0.25) is 0 Å². The van der Waals surface area contributed by atoms with Gasteiger partial charge in [-0.1, -0.05) is 0 Å². The van der Waals surface area contributed by atoms with E-state index in [4.69, 9.17) is 10.7 Å². The van der Waals surface area contributed by atoms with E-state index in [2.05, 4.69) is 6.07 Å². The first-order valence-electron chi connectivity index (χ1n) is 7.06. The Morgan fingerprint density at radius 3 is 2.68 bits per heavy atom. The summed E-state index contributed by atoms with van der Waals surface area (Å²) < 4.78 is 0. The Bertz CT molecular complexity index is 457. The third kappa shape index (κ3) is 2.74. The summed E-state index contributed by atoms with van der Waals surface area (Å²) in [4.78, 5) is 6.88. The third-order valence-electron chi connectivity index (χ3n) is 4.19. The van der Waals surface area contributed by atoms with Gasteiger partial charge in [0.25, 0.3) is 0 Å². The van der Waals surface area contributed by atoms with E-state index in [9.17, 15) is 5.11 Å². The number of hydrogen-bond acceptors (Lipinski definition) is 4. The van der Waals surface area contributed by atoms with Crippen LogP contribution in [0.4, 0.5) is 5.82 Å². The van der Waals surface area contributed by atoms with E-state index in [0.29, 0.717) is 6.54 Å². The van der Waals surface area contributed by atoms with Crippen LogP contribution in [-0.4, -0.2) is 29.3 Å². The second kappa shape index (κ2) is 5.47. The van der Waals surface area contributed by atoms with Gasteiger partial charge in [0.2, 0.25) is 0 Å². The summed E-state index contributed by atoms with van der Waals surface area (Å²) >= 11 is 0. The molecule has 4 nitrogen and oxygen atoms in total. The summed E-state index contributed by atoms with van der Waals surface area (Å²) in [5.41, 5.74) is 9.18. The Balaban J connectivity index is 2.44. The lowest BCUT2D eigenvalue weighted by molar-refractivity contribution is 0.215. The number of nitrogens with two attached hydrogens (primary N) is 1. The van der Waals surface area contributed by atoms with Crippen molar-refractivity contribution < 1.29 is 5.11 Å². The van der Waals surface area contributed by atoms with Gasteiger partial charge in [-0.3, -0.25) is 0 Å². The zero-order valence-electron chi connectivity index (χ0n) is 12.2. The molecule has 0 atom stereocenters. The topological polar surface area (TPSA) is 62.4 Å². The highest BCUT2D eigenvalue weighted by atomic mass is 16.3. The molecule has 0 saturated carbocycles. The van der Waals surface area contributed by atoms with E-state index in [1.165, 1.54) is 24.1 Å². The lowest BCUT2D eigenvalue weighted by Gasteiger charge is -2.36. The van der Waals surface area contributed by atoms with Crippen molar-refractivity contribution in [2.75, 3.05) is 18.6 Å². The number of likely N-dealkylation sites (N-methyl/N-ethyl adjacent to an activating group) is 1. The highest BCUT2D eigenvalue weighted by Gasteiger charge is 2.26. The summed E-state index contributed by atoms with van der Waals surface area (Å²) in [5, 5.41) is 9.53. The van der Waals surface area contributed by atoms with Gasteiger partial charge < -0.3 is 15.7 Å². The average Bonchev–Trinajstić information content (AvgIpc) is 2.44. The third-order valence-corrected chi connectivity index (χ3v) is 4.19. The highest BCUT2D eigenvalue weighted by Crippen LogP contribution is 2.29. The maximum atomic E-state index is 9.53. The fourth-order valence-corrected chi connectivity index (χ4v) is 2.50. The second-order valence-electron chi connectivity index (χ2n) is 6.02. The van der Waals surface area contributed by atoms with Gasteiger partial charge in [-0.05, 0) is 51.2 Å². The van der Waals surface area contributed by atoms with Gasteiger partial charge in [0, 0.05) is 24.8 Å². The van der Waals surface area contributed by atoms with Gasteiger partial charge in [0.15, 0.2) is 0 Å². The summed E-state index contributed by atoms with van der Waals surface area (Å²) in [6.07, 6.45) is 4.63. The molecule has 19 heavy (non-hydrogen) atoms. The first-order valence-corrected chi connectivity index (χ1v) is 7.06. The molecule has 1 aromatic rings. The molecule has 0 aromatic carbocycles. The van der Waals surface area contributed by atoms with Crippen molar-refractivity contribution in [3.8, 4) is 0 Å². The number of aromatic nitrogens is 1. The summed E-state index contributed by atoms with van der Waals surface area (Å²) in [6.45, 7) is 4.59. The predicted octanol–water partition coefficient (Wildman–Crippen LogP) is 1.63. The number of anilines is 1. The molecule has 0 unspecified atom stereocenters. The summed E-state index contributed by atoms with van der Waals surface area (Å²) in [6, 6.07) is 2.21. The van der Waals surface area contributed by atoms with Crippen molar-refractivity contribution in [2.24, 2.45) is 5.73 Å². The number of fused-ring (bicyclic) bond motifs is 1. The minimum absolute atomic E-state index is 0.0896. The van der Waals surface area contributed by atoms with E-state index in [0.717, 1.165) is 24.2 Å². The molecule has 3 N–H and O–H groups in total. The quantitative estimate of drug-likeness (QED) is 0.866. The largest absolute Gasteiger partial charge is 0.394 e. The van der Waals surface area contributed by atoms with Crippen molar-refractivity contribution in [3.63, 3.8) is 0 Å². The number of rotatable bonds is 4. The highest BCUT2D eigenvalue weighted by molar-refractivity contribution is 5.51. The first kappa shape index (κ1) is 14.3. The molecule has 1 aromatic heterocycles. The van der Waals surface area contributed by atoms with Crippen molar-refractivity contribution in [3.05, 3.63) is 22.9 Å². The molecular formula is C15H25N3O. The fourth-order valence-electron chi connectivity index (χ4n) is 2.50. The van der Waals surface area contributed by atoms with E-state index >= 15 is 0 Å². The van der Waals surface area contributed by atoms with Crippen LogP contribution in [0.3, 0.4) is 0 Å². The molecule has 1 heterocycles. The zero-order chi connectivity index (χ0) is 14.0. The van der Waals surface area contributed by atoms with Crippen LogP contribution in [0.25, 0.3) is 0 Å². The van der Waals surface area contributed by atoms with Gasteiger partial charge in [-0.15, -0.1) is 0 Å². The molecule has 1 aliphatic carbocycles. The molecule has 2 rings (SSSR count). The maximum absolute atomic E-state index is 9.53. The van der Waals surface area contributed by atoms with Crippen molar-refractivity contribution in [1.29, 1.82) is 0 Å². The minimum Gasteiger partial charge on any atom is -0.394 e. The molecule has 0 fully saturated rings. The number of aliphatic hydroxyl groups excluding tert-OH is 1. The van der Waals surface area contributed by atoms with Gasteiger partial charge in [-0.2, -0.15) is 0 Å². The average molecular weight is 263 g/mol. The second-order valence-corrected chi connectivity index (χ2v) is 6.02. The van der Waals surface area contributed by atoms with Gasteiger partial charge in [0.1, 0.15) is 5.82 Å². The fraction of sp³-hybridized carbons (Fsp3) is 0.667. The molecule has 0 saturated heterocycles. The minimum atomic E-state index is -0.334. The Kier molecular flexibility index (Phi) is 4.11. The predicted molar refractivity (Wildman–Crippen MR) is 78.3 cm³/mol. The maximum Gasteiger partial charge on any atom is 0.133 e. The summed E-state index contributed by atoms with van der Waals surface area (Å²) in [7, 11) is 1.98. The molecular weight excluding hydrogens is 238 g/mol. The van der Waals surface area contributed by atoms with Gasteiger partial charge in [0.05, 0.1) is 12.1 Å². The monoisotopic (exact) mass is 263 g/mol. The number of aliphatic hydroxyl groups is 1. The van der Waals surface area contributed by atoms with Crippen molar-refractivity contribution >= 4 is 5.82 Å². The van der Waals surface area contributed by atoms with Crippen LogP contribution in [0.1, 0.15) is 43.5 Å². The van der Waals surface area contributed by atoms with E-state index in [1.54, 1.807) is 0 Å². The molecule has 4 heteroatoms. The van der Waals surface area contributed by atoms with Gasteiger partial charge in [-0.25, -0.2) is 4.98 Å². The van der Waals surface area contributed by atoms with Crippen molar-refractivity contribution in [2.45, 2.75) is 51.6 Å². The molecule has 0 aliphatic heterocycles. The molecule has 0 bridgehead atoms. The Morgan fingerprint density at radius 1 is 1.37 bits per heavy atom. The zero-order valence-corrected chi connectivity index (χ0v) is 12.2. The Labute approximate surface area is 115 Å². The van der Waals surface area contributed by atoms with Gasteiger partial charge >= 0.3 is 0 Å². The molecule has 0 spiro atoms. The van der Waals surface area contributed by atoms with E-state index < -0.39 is 0 Å². The lowest BCUT2D eigenvalue weighted by atomic mass is 9.94. The Morgan fingerprint density at radius 2 is 2.05 bits per heavy atom. The molecule has 0 radical (unpaired) electrons. The SMILES string of the molecule is CN(c1nc2c(cc1CN)CCCC2)C(C)(C)CO. The van der Waals surface area contributed by atoms with Crippen LogP contribution in [0.5, 0.6) is 0 Å². The van der Waals surface area contributed by atoms with E-state index in [1.807, 2.05) is 25.8 Å². The Hall–Kier alpha value is -1.13.